The van der Waals surface area contributed by atoms with Gasteiger partial charge in [-0.1, -0.05) is 6.07 Å². The Morgan fingerprint density at radius 2 is 2.05 bits per heavy atom. The van der Waals surface area contributed by atoms with E-state index < -0.39 is 0 Å². The lowest BCUT2D eigenvalue weighted by Gasteiger charge is -2.09. The zero-order valence-electron chi connectivity index (χ0n) is 11.5. The van der Waals surface area contributed by atoms with Crippen LogP contribution in [0.15, 0.2) is 29.2 Å². The van der Waals surface area contributed by atoms with Crippen molar-refractivity contribution in [1.82, 2.24) is 29.6 Å². The van der Waals surface area contributed by atoms with Gasteiger partial charge in [0.1, 0.15) is 11.2 Å². The smallest absolute Gasteiger partial charge is 0.268 e. The van der Waals surface area contributed by atoms with Gasteiger partial charge in [0.15, 0.2) is 5.82 Å². The molecule has 0 spiro atoms. The highest BCUT2D eigenvalue weighted by Crippen LogP contribution is 2.15. The average Bonchev–Trinajstić information content (AvgIpc) is 2.88. The minimum Gasteiger partial charge on any atom is -0.268 e. The standard InChI is InChI=1S/C13H14N6O/c1-8(2)19-12(15-16-17-19)10-7-14-11-6-4-5-9(3)18(11)13(10)20/h4-8H,1-3H3. The highest BCUT2D eigenvalue weighted by atomic mass is 16.1. The summed E-state index contributed by atoms with van der Waals surface area (Å²) in [5.74, 6) is 0.440. The van der Waals surface area contributed by atoms with E-state index in [0.717, 1.165) is 5.69 Å². The SMILES string of the molecule is Cc1cccc2ncc(-c3nnnn3C(C)C)c(=O)n12. The van der Waals surface area contributed by atoms with Crippen LogP contribution in [-0.2, 0) is 0 Å². The number of hydrogen-bond donors (Lipinski definition) is 0. The van der Waals surface area contributed by atoms with E-state index in [-0.39, 0.29) is 11.6 Å². The second-order valence-electron chi connectivity index (χ2n) is 4.88. The maximum absolute atomic E-state index is 12.6. The van der Waals surface area contributed by atoms with E-state index in [0.29, 0.717) is 17.0 Å². The summed E-state index contributed by atoms with van der Waals surface area (Å²) < 4.78 is 3.18. The molecular formula is C13H14N6O. The third-order valence-electron chi connectivity index (χ3n) is 3.15. The van der Waals surface area contributed by atoms with E-state index in [2.05, 4.69) is 20.5 Å². The molecule has 0 unspecified atom stereocenters. The van der Waals surface area contributed by atoms with Crippen molar-refractivity contribution in [3.8, 4) is 11.4 Å². The molecule has 0 bridgehead atoms. The summed E-state index contributed by atoms with van der Waals surface area (Å²) in [5.41, 5.74) is 1.67. The van der Waals surface area contributed by atoms with Gasteiger partial charge in [-0.15, -0.1) is 5.10 Å². The van der Waals surface area contributed by atoms with E-state index in [1.54, 1.807) is 15.1 Å². The summed E-state index contributed by atoms with van der Waals surface area (Å²) in [6.45, 7) is 5.78. The second kappa shape index (κ2) is 4.52. The van der Waals surface area contributed by atoms with Gasteiger partial charge in [-0.25, -0.2) is 9.67 Å². The summed E-state index contributed by atoms with van der Waals surface area (Å²) >= 11 is 0. The van der Waals surface area contributed by atoms with Crippen molar-refractivity contribution in [1.29, 1.82) is 0 Å². The summed E-state index contributed by atoms with van der Waals surface area (Å²) in [6.07, 6.45) is 1.53. The van der Waals surface area contributed by atoms with Crippen LogP contribution in [0, 0.1) is 6.92 Å². The molecule has 3 rings (SSSR count). The number of rotatable bonds is 2. The van der Waals surface area contributed by atoms with Gasteiger partial charge in [0, 0.05) is 11.9 Å². The van der Waals surface area contributed by atoms with Crippen molar-refractivity contribution in [2.24, 2.45) is 0 Å². The van der Waals surface area contributed by atoms with Crippen LogP contribution < -0.4 is 5.56 Å². The summed E-state index contributed by atoms with van der Waals surface area (Å²) in [4.78, 5) is 16.9. The van der Waals surface area contributed by atoms with Crippen LogP contribution in [0.3, 0.4) is 0 Å². The molecule has 20 heavy (non-hydrogen) atoms. The fourth-order valence-corrected chi connectivity index (χ4v) is 2.15. The minimum atomic E-state index is -0.162. The zero-order chi connectivity index (χ0) is 14.3. The molecule has 0 aromatic carbocycles. The maximum atomic E-state index is 12.6. The van der Waals surface area contributed by atoms with Crippen LogP contribution in [0.1, 0.15) is 25.6 Å². The molecule has 3 aromatic heterocycles. The van der Waals surface area contributed by atoms with Crippen molar-refractivity contribution >= 4 is 5.65 Å². The average molecular weight is 270 g/mol. The van der Waals surface area contributed by atoms with Gasteiger partial charge in [0.25, 0.3) is 5.56 Å². The number of pyridine rings is 1. The first kappa shape index (κ1) is 12.5. The van der Waals surface area contributed by atoms with Gasteiger partial charge in [0.2, 0.25) is 0 Å². The number of nitrogens with zero attached hydrogens (tertiary/aromatic N) is 6. The van der Waals surface area contributed by atoms with Crippen LogP contribution >= 0.6 is 0 Å². The summed E-state index contributed by atoms with van der Waals surface area (Å²) in [5, 5.41) is 11.5. The van der Waals surface area contributed by atoms with E-state index in [4.69, 9.17) is 0 Å². The lowest BCUT2D eigenvalue weighted by molar-refractivity contribution is 0.518. The molecule has 0 fully saturated rings. The number of aryl methyl sites for hydroxylation is 1. The van der Waals surface area contributed by atoms with E-state index in [1.807, 2.05) is 32.9 Å². The van der Waals surface area contributed by atoms with Crippen molar-refractivity contribution in [3.05, 3.63) is 40.4 Å². The molecule has 102 valence electrons. The fourth-order valence-electron chi connectivity index (χ4n) is 2.15. The van der Waals surface area contributed by atoms with E-state index >= 15 is 0 Å². The lowest BCUT2D eigenvalue weighted by atomic mass is 10.2. The van der Waals surface area contributed by atoms with E-state index in [9.17, 15) is 4.79 Å². The second-order valence-corrected chi connectivity index (χ2v) is 4.88. The molecule has 7 heteroatoms. The van der Waals surface area contributed by atoms with Crippen molar-refractivity contribution in [2.75, 3.05) is 0 Å². The van der Waals surface area contributed by atoms with Crippen LogP contribution in [-0.4, -0.2) is 29.6 Å². The third kappa shape index (κ3) is 1.78. The van der Waals surface area contributed by atoms with E-state index in [1.165, 1.54) is 6.20 Å². The number of aromatic nitrogens is 6. The van der Waals surface area contributed by atoms with Crippen molar-refractivity contribution in [2.45, 2.75) is 26.8 Å². The fraction of sp³-hybridized carbons (Fsp3) is 0.308. The quantitative estimate of drug-likeness (QED) is 0.700. The molecule has 0 aliphatic carbocycles. The highest BCUT2D eigenvalue weighted by Gasteiger charge is 2.16. The number of fused-ring (bicyclic) bond motifs is 1. The Morgan fingerprint density at radius 1 is 1.25 bits per heavy atom. The maximum Gasteiger partial charge on any atom is 0.269 e. The predicted molar refractivity (Wildman–Crippen MR) is 73.4 cm³/mol. The topological polar surface area (TPSA) is 78.0 Å². The molecule has 0 aliphatic heterocycles. The first-order valence-corrected chi connectivity index (χ1v) is 6.35. The molecule has 0 amide bonds. The molecule has 0 saturated carbocycles. The van der Waals surface area contributed by atoms with Gasteiger partial charge >= 0.3 is 0 Å². The highest BCUT2D eigenvalue weighted by molar-refractivity contribution is 5.55. The molecule has 3 heterocycles. The monoisotopic (exact) mass is 270 g/mol. The van der Waals surface area contributed by atoms with Crippen molar-refractivity contribution < 1.29 is 0 Å². The Kier molecular flexibility index (Phi) is 2.81. The largest absolute Gasteiger partial charge is 0.269 e. The van der Waals surface area contributed by atoms with Crippen LogP contribution in [0.5, 0.6) is 0 Å². The van der Waals surface area contributed by atoms with Crippen LogP contribution in [0.4, 0.5) is 0 Å². The minimum absolute atomic E-state index is 0.0666. The Hall–Kier alpha value is -2.57. The van der Waals surface area contributed by atoms with Crippen LogP contribution in [0.25, 0.3) is 17.0 Å². The lowest BCUT2D eigenvalue weighted by Crippen LogP contribution is -2.20. The zero-order valence-corrected chi connectivity index (χ0v) is 11.5. The first-order valence-electron chi connectivity index (χ1n) is 6.35. The molecule has 0 saturated heterocycles. The van der Waals surface area contributed by atoms with Gasteiger partial charge in [-0.2, -0.15) is 0 Å². The van der Waals surface area contributed by atoms with Gasteiger partial charge in [-0.05, 0) is 43.3 Å². The molecule has 3 aromatic rings. The Morgan fingerprint density at radius 3 is 2.80 bits per heavy atom. The molecule has 0 N–H and O–H groups in total. The third-order valence-corrected chi connectivity index (χ3v) is 3.15. The Bertz CT molecular complexity index is 832. The van der Waals surface area contributed by atoms with Crippen molar-refractivity contribution in [3.63, 3.8) is 0 Å². The normalized spacial score (nSPS) is 11.4. The van der Waals surface area contributed by atoms with Gasteiger partial charge in [0.05, 0.1) is 6.04 Å². The van der Waals surface area contributed by atoms with Gasteiger partial charge < -0.3 is 0 Å². The molecule has 0 aliphatic rings. The molecular weight excluding hydrogens is 256 g/mol. The Labute approximate surface area is 114 Å². The molecule has 7 nitrogen and oxygen atoms in total. The predicted octanol–water partition coefficient (Wildman–Crippen LogP) is 1.24. The Balaban J connectivity index is 2.33. The van der Waals surface area contributed by atoms with Gasteiger partial charge in [-0.3, -0.25) is 9.20 Å². The number of tetrazole rings is 1. The number of hydrogen-bond acceptors (Lipinski definition) is 5. The summed E-state index contributed by atoms with van der Waals surface area (Å²) in [7, 11) is 0. The molecule has 0 atom stereocenters. The van der Waals surface area contributed by atoms with Crippen LogP contribution in [0.2, 0.25) is 0 Å². The first-order chi connectivity index (χ1) is 9.59. The summed E-state index contributed by atoms with van der Waals surface area (Å²) in [6, 6.07) is 5.60. The molecule has 0 radical (unpaired) electrons.